The zero-order valence-corrected chi connectivity index (χ0v) is 5.00. The van der Waals surface area contributed by atoms with Gasteiger partial charge in [0.2, 0.25) is 0 Å². The van der Waals surface area contributed by atoms with Crippen molar-refractivity contribution >= 4 is 0 Å². The summed E-state index contributed by atoms with van der Waals surface area (Å²) in [6, 6.07) is 0. The van der Waals surface area contributed by atoms with E-state index in [0.29, 0.717) is 6.10 Å². The molecule has 1 aliphatic heterocycles. The zero-order valence-electron chi connectivity index (χ0n) is 5.00. The lowest BCUT2D eigenvalue weighted by Crippen LogP contribution is -1.94. The number of H-pyrrole nitrogens is 1. The molecule has 1 atom stereocenters. The van der Waals surface area contributed by atoms with E-state index in [1.807, 2.05) is 6.20 Å². The normalized spacial score (nSPS) is 24.2. The molecule has 0 saturated carbocycles. The van der Waals surface area contributed by atoms with Gasteiger partial charge >= 0.3 is 0 Å². The van der Waals surface area contributed by atoms with Crippen molar-refractivity contribution in [1.29, 1.82) is 0 Å². The number of hydrogen-bond donors (Lipinski definition) is 1. The molecular formula is C6H8N2O. The van der Waals surface area contributed by atoms with E-state index in [2.05, 4.69) is 9.97 Å². The number of aromatic amines is 1. The molecule has 48 valence electrons. The van der Waals surface area contributed by atoms with Crippen LogP contribution in [-0.4, -0.2) is 22.7 Å². The summed E-state index contributed by atoms with van der Waals surface area (Å²) in [7, 11) is 0. The van der Waals surface area contributed by atoms with Crippen LogP contribution < -0.4 is 0 Å². The number of aromatic nitrogens is 2. The average molecular weight is 124 g/mol. The maximum atomic E-state index is 5.02. The maximum Gasteiger partial charge on any atom is 0.108 e. The quantitative estimate of drug-likeness (QED) is 0.578. The van der Waals surface area contributed by atoms with Crippen LogP contribution in [0.5, 0.6) is 0 Å². The third kappa shape index (κ3) is 1.10. The molecule has 0 spiro atoms. The van der Waals surface area contributed by atoms with Gasteiger partial charge in [-0.2, -0.15) is 0 Å². The number of epoxide rings is 1. The summed E-state index contributed by atoms with van der Waals surface area (Å²) in [5.74, 6) is 1.03. The minimum atomic E-state index is 0.441. The SMILES string of the molecule is c1c[nH]c(C[C@@H]2CO2)n1. The Hall–Kier alpha value is -0.830. The molecule has 0 unspecified atom stereocenters. The number of nitrogens with zero attached hydrogens (tertiary/aromatic N) is 1. The van der Waals surface area contributed by atoms with E-state index in [1.54, 1.807) is 6.20 Å². The Morgan fingerprint density at radius 3 is 3.33 bits per heavy atom. The van der Waals surface area contributed by atoms with Gasteiger partial charge in [-0.15, -0.1) is 0 Å². The molecule has 0 aliphatic carbocycles. The van der Waals surface area contributed by atoms with Crippen LogP contribution in [0.3, 0.4) is 0 Å². The maximum absolute atomic E-state index is 5.02. The first-order valence-electron chi connectivity index (χ1n) is 3.05. The molecule has 1 aromatic rings. The highest BCUT2D eigenvalue weighted by Gasteiger charge is 2.23. The summed E-state index contributed by atoms with van der Waals surface area (Å²) < 4.78 is 5.02. The second-order valence-electron chi connectivity index (χ2n) is 2.20. The Morgan fingerprint density at radius 2 is 2.78 bits per heavy atom. The fourth-order valence-electron chi connectivity index (χ4n) is 0.811. The molecule has 0 bridgehead atoms. The van der Waals surface area contributed by atoms with Crippen molar-refractivity contribution in [2.24, 2.45) is 0 Å². The molecule has 0 aromatic carbocycles. The highest BCUT2D eigenvalue weighted by Crippen LogP contribution is 2.12. The number of nitrogens with one attached hydrogen (secondary N) is 1. The smallest absolute Gasteiger partial charge is 0.108 e. The van der Waals surface area contributed by atoms with E-state index < -0.39 is 0 Å². The predicted octanol–water partition coefficient (Wildman–Crippen LogP) is 0.351. The molecule has 9 heavy (non-hydrogen) atoms. The molecule has 1 aliphatic rings. The first-order chi connectivity index (χ1) is 4.45. The van der Waals surface area contributed by atoms with Gasteiger partial charge in [0.15, 0.2) is 0 Å². The Morgan fingerprint density at radius 1 is 1.89 bits per heavy atom. The molecule has 0 amide bonds. The van der Waals surface area contributed by atoms with Gasteiger partial charge in [0.05, 0.1) is 12.7 Å². The molecule has 2 heterocycles. The molecular weight excluding hydrogens is 116 g/mol. The van der Waals surface area contributed by atoms with Crippen molar-refractivity contribution in [3.05, 3.63) is 18.2 Å². The molecule has 0 radical (unpaired) electrons. The molecule has 3 heteroatoms. The number of ether oxygens (including phenoxy) is 1. The van der Waals surface area contributed by atoms with Crippen LogP contribution in [0.2, 0.25) is 0 Å². The van der Waals surface area contributed by atoms with Crippen LogP contribution in [0.4, 0.5) is 0 Å². The first-order valence-corrected chi connectivity index (χ1v) is 3.05. The van der Waals surface area contributed by atoms with Gasteiger partial charge in [0, 0.05) is 18.8 Å². The van der Waals surface area contributed by atoms with Crippen molar-refractivity contribution in [2.75, 3.05) is 6.61 Å². The third-order valence-electron chi connectivity index (χ3n) is 1.38. The lowest BCUT2D eigenvalue weighted by Gasteiger charge is -1.86. The average Bonchev–Trinajstić information content (AvgIpc) is 2.46. The topological polar surface area (TPSA) is 41.2 Å². The Balaban J connectivity index is 1.99. The van der Waals surface area contributed by atoms with E-state index >= 15 is 0 Å². The minimum absolute atomic E-state index is 0.441. The lowest BCUT2D eigenvalue weighted by molar-refractivity contribution is 0.405. The van der Waals surface area contributed by atoms with Gasteiger partial charge in [-0.25, -0.2) is 4.98 Å². The minimum Gasteiger partial charge on any atom is -0.373 e. The van der Waals surface area contributed by atoms with Crippen molar-refractivity contribution < 1.29 is 4.74 Å². The lowest BCUT2D eigenvalue weighted by atomic mass is 10.3. The van der Waals surface area contributed by atoms with Gasteiger partial charge in [-0.3, -0.25) is 0 Å². The summed E-state index contributed by atoms with van der Waals surface area (Å²) in [5, 5.41) is 0. The second kappa shape index (κ2) is 1.84. The van der Waals surface area contributed by atoms with Crippen LogP contribution in [0.25, 0.3) is 0 Å². The van der Waals surface area contributed by atoms with E-state index in [1.165, 1.54) is 0 Å². The molecule has 1 N–H and O–H groups in total. The van der Waals surface area contributed by atoms with E-state index in [-0.39, 0.29) is 0 Å². The Kier molecular flexibility index (Phi) is 1.02. The van der Waals surface area contributed by atoms with Crippen LogP contribution in [0, 0.1) is 0 Å². The van der Waals surface area contributed by atoms with Crippen LogP contribution in [-0.2, 0) is 11.2 Å². The van der Waals surface area contributed by atoms with E-state index in [4.69, 9.17) is 4.74 Å². The van der Waals surface area contributed by atoms with E-state index in [9.17, 15) is 0 Å². The first kappa shape index (κ1) is 4.99. The fourth-order valence-corrected chi connectivity index (χ4v) is 0.811. The Labute approximate surface area is 53.1 Å². The van der Waals surface area contributed by atoms with Crippen LogP contribution >= 0.6 is 0 Å². The van der Waals surface area contributed by atoms with Gasteiger partial charge < -0.3 is 9.72 Å². The highest BCUT2D eigenvalue weighted by atomic mass is 16.6. The molecule has 2 rings (SSSR count). The van der Waals surface area contributed by atoms with Crippen LogP contribution in [0.1, 0.15) is 5.82 Å². The van der Waals surface area contributed by atoms with Gasteiger partial charge in [0.25, 0.3) is 0 Å². The van der Waals surface area contributed by atoms with Crippen molar-refractivity contribution in [3.63, 3.8) is 0 Å². The van der Waals surface area contributed by atoms with Crippen molar-refractivity contribution in [1.82, 2.24) is 9.97 Å². The van der Waals surface area contributed by atoms with Gasteiger partial charge in [-0.05, 0) is 0 Å². The van der Waals surface area contributed by atoms with Crippen molar-refractivity contribution in [3.8, 4) is 0 Å². The predicted molar refractivity (Wildman–Crippen MR) is 32.0 cm³/mol. The van der Waals surface area contributed by atoms with Crippen LogP contribution in [0.15, 0.2) is 12.4 Å². The number of hydrogen-bond acceptors (Lipinski definition) is 2. The van der Waals surface area contributed by atoms with Gasteiger partial charge in [-0.1, -0.05) is 0 Å². The zero-order chi connectivity index (χ0) is 6.10. The summed E-state index contributed by atoms with van der Waals surface area (Å²) >= 11 is 0. The molecule has 1 aromatic heterocycles. The Bertz CT molecular complexity index is 179. The summed E-state index contributed by atoms with van der Waals surface area (Å²) in [4.78, 5) is 7.08. The van der Waals surface area contributed by atoms with E-state index in [0.717, 1.165) is 18.9 Å². The third-order valence-corrected chi connectivity index (χ3v) is 1.38. The number of imidazole rings is 1. The number of rotatable bonds is 2. The second-order valence-corrected chi connectivity index (χ2v) is 2.20. The highest BCUT2D eigenvalue weighted by molar-refractivity contribution is 4.92. The standard InChI is InChI=1S/C6H8N2O/c1-2-8-6(7-1)3-5-4-9-5/h1-2,5H,3-4H2,(H,7,8)/t5-/m1/s1. The fraction of sp³-hybridized carbons (Fsp3) is 0.500. The largest absolute Gasteiger partial charge is 0.373 e. The van der Waals surface area contributed by atoms with Crippen molar-refractivity contribution in [2.45, 2.75) is 12.5 Å². The monoisotopic (exact) mass is 124 g/mol. The summed E-state index contributed by atoms with van der Waals surface area (Å²) in [5.41, 5.74) is 0. The molecule has 3 nitrogen and oxygen atoms in total. The molecule has 1 fully saturated rings. The van der Waals surface area contributed by atoms with Gasteiger partial charge in [0.1, 0.15) is 5.82 Å². The molecule has 1 saturated heterocycles. The summed E-state index contributed by atoms with van der Waals surface area (Å²) in [6.07, 6.45) is 4.97. The summed E-state index contributed by atoms with van der Waals surface area (Å²) in [6.45, 7) is 0.903.